The van der Waals surface area contributed by atoms with E-state index >= 15 is 0 Å². The molecule has 0 unspecified atom stereocenters. The first kappa shape index (κ1) is 25.0. The number of ether oxygens (including phenoxy) is 2. The summed E-state index contributed by atoms with van der Waals surface area (Å²) in [6.07, 6.45) is -1.83. The molecule has 0 spiro atoms. The van der Waals surface area contributed by atoms with Crippen molar-refractivity contribution < 1.29 is 27.4 Å². The van der Waals surface area contributed by atoms with E-state index in [0.29, 0.717) is 22.2 Å². The Balaban J connectivity index is 1.59. The lowest BCUT2D eigenvalue weighted by molar-refractivity contribution is -0.154. The van der Waals surface area contributed by atoms with E-state index < -0.39 is 23.3 Å². The second kappa shape index (κ2) is 10.1. The van der Waals surface area contributed by atoms with Crippen molar-refractivity contribution in [3.05, 3.63) is 58.7 Å². The van der Waals surface area contributed by atoms with Crippen LogP contribution in [0.5, 0.6) is 5.75 Å². The lowest BCUT2D eigenvalue weighted by Gasteiger charge is -2.19. The first-order valence-corrected chi connectivity index (χ1v) is 12.3. The van der Waals surface area contributed by atoms with Crippen molar-refractivity contribution in [2.75, 3.05) is 18.1 Å². The summed E-state index contributed by atoms with van der Waals surface area (Å²) < 4.78 is 49.2. The van der Waals surface area contributed by atoms with Crippen LogP contribution in [0.3, 0.4) is 0 Å². The number of aryl methyl sites for hydroxylation is 2. The van der Waals surface area contributed by atoms with Gasteiger partial charge in [0.05, 0.1) is 5.56 Å². The molecular weight excluding hydrogens is 449 g/mol. The minimum atomic E-state index is -4.39. The highest BCUT2D eigenvalue weighted by molar-refractivity contribution is 7.97. The van der Waals surface area contributed by atoms with E-state index in [1.165, 1.54) is 41.4 Å². The van der Waals surface area contributed by atoms with Gasteiger partial charge in [-0.25, -0.2) is 4.79 Å². The van der Waals surface area contributed by atoms with Crippen molar-refractivity contribution in [1.82, 2.24) is 0 Å². The van der Waals surface area contributed by atoms with Gasteiger partial charge in [-0.1, -0.05) is 11.8 Å². The van der Waals surface area contributed by atoms with Gasteiger partial charge in [0.25, 0.3) is 0 Å². The second-order valence-electron chi connectivity index (χ2n) is 8.59. The zero-order valence-corrected chi connectivity index (χ0v) is 20.1. The SMILES string of the molecule is Cc1cc([S+]2CCCC2)cc(C)c1OCC(=O)OC(C)(C)C#Cc1ccc(C(F)(F)F)cc1. The van der Waals surface area contributed by atoms with Gasteiger partial charge in [0.15, 0.2) is 17.1 Å². The Bertz CT molecular complexity index is 1030. The molecule has 7 heteroatoms. The summed E-state index contributed by atoms with van der Waals surface area (Å²) in [6.45, 7) is 6.95. The summed E-state index contributed by atoms with van der Waals surface area (Å²) in [5.74, 6) is 8.16. The van der Waals surface area contributed by atoms with Crippen LogP contribution in [0.1, 0.15) is 48.9 Å². The molecule has 2 aromatic rings. The van der Waals surface area contributed by atoms with Gasteiger partial charge in [0.2, 0.25) is 0 Å². The third kappa shape index (κ3) is 6.94. The van der Waals surface area contributed by atoms with Crippen molar-refractivity contribution >= 4 is 16.9 Å². The lowest BCUT2D eigenvalue weighted by atomic mass is 10.1. The summed E-state index contributed by atoms with van der Waals surface area (Å²) >= 11 is 0. The van der Waals surface area contributed by atoms with Crippen molar-refractivity contribution in [3.63, 3.8) is 0 Å². The molecule has 0 aliphatic carbocycles. The fraction of sp³-hybridized carbons (Fsp3) is 0.423. The highest BCUT2D eigenvalue weighted by Gasteiger charge is 2.30. The van der Waals surface area contributed by atoms with Gasteiger partial charge in [-0.15, -0.1) is 0 Å². The van der Waals surface area contributed by atoms with Gasteiger partial charge >= 0.3 is 12.1 Å². The minimum Gasteiger partial charge on any atom is -0.481 e. The fourth-order valence-corrected chi connectivity index (χ4v) is 6.10. The molecule has 0 bridgehead atoms. The number of alkyl halides is 3. The molecule has 1 fully saturated rings. The molecule has 1 heterocycles. The maximum atomic E-state index is 12.7. The zero-order chi connectivity index (χ0) is 24.2. The second-order valence-corrected chi connectivity index (χ2v) is 10.9. The summed E-state index contributed by atoms with van der Waals surface area (Å²) in [5.41, 5.74) is 0.536. The van der Waals surface area contributed by atoms with E-state index in [4.69, 9.17) is 9.47 Å². The first-order valence-electron chi connectivity index (χ1n) is 10.8. The molecular formula is C26H28F3O3S+. The predicted octanol–water partition coefficient (Wildman–Crippen LogP) is 5.85. The summed E-state index contributed by atoms with van der Waals surface area (Å²) in [6, 6.07) is 8.83. The van der Waals surface area contributed by atoms with Crippen LogP contribution in [0.15, 0.2) is 41.3 Å². The number of rotatable bonds is 5. The number of benzene rings is 2. The minimum absolute atomic E-state index is 0.252. The lowest BCUT2D eigenvalue weighted by Crippen LogP contribution is -2.29. The Labute approximate surface area is 196 Å². The normalized spacial score (nSPS) is 14.5. The molecule has 0 atom stereocenters. The molecule has 0 aromatic heterocycles. The maximum Gasteiger partial charge on any atom is 0.416 e. The Hall–Kier alpha value is -2.59. The van der Waals surface area contributed by atoms with Crippen LogP contribution in [-0.2, 0) is 26.6 Å². The molecule has 33 heavy (non-hydrogen) atoms. The van der Waals surface area contributed by atoms with E-state index in [-0.39, 0.29) is 6.61 Å². The summed E-state index contributed by atoms with van der Waals surface area (Å²) in [7, 11) is 0.312. The smallest absolute Gasteiger partial charge is 0.416 e. The summed E-state index contributed by atoms with van der Waals surface area (Å²) in [5, 5.41) is 0. The average molecular weight is 478 g/mol. The number of hydrogen-bond donors (Lipinski definition) is 0. The molecule has 1 aliphatic rings. The standard InChI is InChI=1S/C26H28F3O3S/c1-18-15-22(33-13-5-6-14-33)16-19(2)24(18)31-17-23(30)32-25(3,4)12-11-20-7-9-21(10-8-20)26(27,28)29/h7-10,15-16H,5-6,13-14,17H2,1-4H3/q+1. The summed E-state index contributed by atoms with van der Waals surface area (Å²) in [4.78, 5) is 13.7. The molecule has 1 aliphatic heterocycles. The number of carbonyl (C=O) groups is 1. The Morgan fingerprint density at radius 1 is 1.03 bits per heavy atom. The van der Waals surface area contributed by atoms with Crippen LogP contribution >= 0.6 is 0 Å². The van der Waals surface area contributed by atoms with Crippen molar-refractivity contribution in [2.24, 2.45) is 0 Å². The van der Waals surface area contributed by atoms with Crippen LogP contribution in [-0.4, -0.2) is 29.7 Å². The van der Waals surface area contributed by atoms with Gasteiger partial charge in [-0.3, -0.25) is 0 Å². The van der Waals surface area contributed by atoms with Crippen molar-refractivity contribution in [1.29, 1.82) is 0 Å². The number of halogens is 3. The van der Waals surface area contributed by atoms with E-state index in [2.05, 4.69) is 24.0 Å². The van der Waals surface area contributed by atoms with E-state index in [1.54, 1.807) is 13.8 Å². The number of esters is 1. The van der Waals surface area contributed by atoms with Gasteiger partial charge < -0.3 is 9.47 Å². The molecule has 3 nitrogen and oxygen atoms in total. The molecule has 0 saturated carbocycles. The molecule has 1 saturated heterocycles. The van der Waals surface area contributed by atoms with Gasteiger partial charge in [0.1, 0.15) is 17.3 Å². The Kier molecular flexibility index (Phi) is 7.69. The van der Waals surface area contributed by atoms with Crippen LogP contribution in [0, 0.1) is 25.7 Å². The monoisotopic (exact) mass is 477 g/mol. The van der Waals surface area contributed by atoms with Gasteiger partial charge in [-0.2, -0.15) is 13.2 Å². The van der Waals surface area contributed by atoms with E-state index in [1.807, 2.05) is 13.8 Å². The van der Waals surface area contributed by atoms with Crippen LogP contribution < -0.4 is 4.74 Å². The van der Waals surface area contributed by atoms with Crippen molar-refractivity contribution in [2.45, 2.75) is 57.2 Å². The highest BCUT2D eigenvalue weighted by atomic mass is 32.2. The van der Waals surface area contributed by atoms with Crippen LogP contribution in [0.2, 0.25) is 0 Å². The van der Waals surface area contributed by atoms with Gasteiger partial charge in [0, 0.05) is 16.5 Å². The highest BCUT2D eigenvalue weighted by Crippen LogP contribution is 2.31. The molecule has 0 N–H and O–H groups in total. The largest absolute Gasteiger partial charge is 0.481 e. The maximum absolute atomic E-state index is 12.7. The Morgan fingerprint density at radius 3 is 2.15 bits per heavy atom. The quantitative estimate of drug-likeness (QED) is 0.308. The zero-order valence-electron chi connectivity index (χ0n) is 19.3. The van der Waals surface area contributed by atoms with Gasteiger partial charge in [-0.05, 0) is 88.1 Å². The topological polar surface area (TPSA) is 35.5 Å². The number of carbonyl (C=O) groups excluding carboxylic acids is 1. The van der Waals surface area contributed by atoms with Crippen molar-refractivity contribution in [3.8, 4) is 17.6 Å². The fourth-order valence-electron chi connectivity index (χ4n) is 3.63. The molecule has 2 aromatic carbocycles. The predicted molar refractivity (Wildman–Crippen MR) is 125 cm³/mol. The molecule has 3 rings (SSSR count). The van der Waals surface area contributed by atoms with Crippen LogP contribution in [0.25, 0.3) is 0 Å². The van der Waals surface area contributed by atoms with E-state index in [0.717, 1.165) is 23.3 Å². The molecule has 0 radical (unpaired) electrons. The van der Waals surface area contributed by atoms with Crippen LogP contribution in [0.4, 0.5) is 13.2 Å². The molecule has 0 amide bonds. The molecule has 176 valence electrons. The Morgan fingerprint density at radius 2 is 1.61 bits per heavy atom. The third-order valence-corrected chi connectivity index (χ3v) is 7.69. The third-order valence-electron chi connectivity index (χ3n) is 5.22. The number of hydrogen-bond acceptors (Lipinski definition) is 3. The average Bonchev–Trinajstić information content (AvgIpc) is 3.26. The first-order chi connectivity index (χ1) is 15.4. The van der Waals surface area contributed by atoms with E-state index in [9.17, 15) is 18.0 Å².